The van der Waals surface area contributed by atoms with E-state index in [4.69, 9.17) is 15.0 Å². The number of benzene rings is 3. The van der Waals surface area contributed by atoms with Crippen LogP contribution in [0.2, 0.25) is 0 Å². The van der Waals surface area contributed by atoms with Crippen LogP contribution in [0.1, 0.15) is 22.3 Å². The molecule has 0 atom stereocenters. The second-order valence-electron chi connectivity index (χ2n) is 9.58. The molecule has 0 radical (unpaired) electrons. The Hall–Kier alpha value is -4.99. The van der Waals surface area contributed by atoms with E-state index >= 15 is 0 Å². The van der Waals surface area contributed by atoms with Crippen LogP contribution < -0.4 is 15.5 Å². The SMILES string of the molecule is c1ccc2c(c1)CN(c1nc3ccc(C4=NCCN4)cc3[nH]1)/C2=N/c1nc2ccc(C3=NCCN3)cc2[nH]1. The highest BCUT2D eigenvalue weighted by molar-refractivity contribution is 6.14. The van der Waals surface area contributed by atoms with E-state index in [9.17, 15) is 0 Å². The number of aliphatic imine (C=N–C) groups is 3. The maximum Gasteiger partial charge on any atom is 0.229 e. The molecule has 10 heteroatoms. The van der Waals surface area contributed by atoms with E-state index in [1.54, 1.807) is 0 Å². The standard InChI is InChI=1S/C28H24N10/c1-2-4-19-18(3-1)15-38(28-35-21-8-6-17(14-23(21)36-28)25-31-11-12-32-25)26(19)37-27-33-20-7-5-16(13-22(20)34-27)24-29-9-10-30-24/h1-8,13-14H,9-12,15H2,(H,29,30)(H,31,32)(H,33,34)(H,35,36)/b37-26+. The van der Waals surface area contributed by atoms with Crippen LogP contribution in [-0.2, 0) is 6.54 Å². The van der Waals surface area contributed by atoms with Crippen LogP contribution in [0.15, 0.2) is 75.6 Å². The number of fused-ring (bicyclic) bond motifs is 3. The number of aromatic nitrogens is 4. The van der Waals surface area contributed by atoms with Crippen molar-refractivity contribution in [3.8, 4) is 0 Å². The molecular formula is C28H24N10. The number of aromatic amines is 2. The summed E-state index contributed by atoms with van der Waals surface area (Å²) in [5, 5.41) is 6.67. The van der Waals surface area contributed by atoms with E-state index in [0.29, 0.717) is 12.5 Å². The third-order valence-electron chi connectivity index (χ3n) is 7.14. The zero-order chi connectivity index (χ0) is 25.1. The Labute approximate surface area is 217 Å². The molecule has 186 valence electrons. The molecule has 38 heavy (non-hydrogen) atoms. The summed E-state index contributed by atoms with van der Waals surface area (Å²) >= 11 is 0. The summed E-state index contributed by atoms with van der Waals surface area (Å²) in [6.45, 7) is 4.04. The Morgan fingerprint density at radius 3 is 2.13 bits per heavy atom. The van der Waals surface area contributed by atoms with Crippen molar-refractivity contribution in [3.63, 3.8) is 0 Å². The Bertz CT molecular complexity index is 1820. The summed E-state index contributed by atoms with van der Waals surface area (Å²) in [6.07, 6.45) is 0. The first kappa shape index (κ1) is 21.1. The molecule has 0 saturated carbocycles. The van der Waals surface area contributed by atoms with E-state index in [1.807, 2.05) is 24.3 Å². The highest BCUT2D eigenvalue weighted by Gasteiger charge is 2.29. The minimum Gasteiger partial charge on any atom is -0.368 e. The summed E-state index contributed by atoms with van der Waals surface area (Å²) in [5.41, 5.74) is 8.03. The van der Waals surface area contributed by atoms with Gasteiger partial charge in [-0.1, -0.05) is 24.3 Å². The van der Waals surface area contributed by atoms with Crippen LogP contribution in [-0.4, -0.2) is 63.6 Å². The predicted molar refractivity (Wildman–Crippen MR) is 150 cm³/mol. The molecule has 0 bridgehead atoms. The number of rotatable bonds is 4. The first-order valence-electron chi connectivity index (χ1n) is 12.8. The molecule has 0 fully saturated rings. The van der Waals surface area contributed by atoms with Gasteiger partial charge in [-0.3, -0.25) is 14.9 Å². The van der Waals surface area contributed by atoms with Gasteiger partial charge in [0, 0.05) is 29.8 Å². The number of hydrogen-bond acceptors (Lipinski definition) is 7. The highest BCUT2D eigenvalue weighted by Crippen LogP contribution is 2.31. The fourth-order valence-electron chi connectivity index (χ4n) is 5.31. The first-order chi connectivity index (χ1) is 18.8. The number of hydrogen-bond donors (Lipinski definition) is 4. The van der Waals surface area contributed by atoms with Crippen LogP contribution in [0.25, 0.3) is 22.1 Å². The third kappa shape index (κ3) is 3.45. The number of anilines is 1. The lowest BCUT2D eigenvalue weighted by atomic mass is 10.1. The van der Waals surface area contributed by atoms with Gasteiger partial charge in [-0.25, -0.2) is 9.97 Å². The molecule has 3 aliphatic rings. The molecule has 5 heterocycles. The van der Waals surface area contributed by atoms with Gasteiger partial charge in [0.05, 0.1) is 41.7 Å². The molecule has 0 spiro atoms. The maximum absolute atomic E-state index is 5.01. The summed E-state index contributed by atoms with van der Waals surface area (Å²) < 4.78 is 0. The van der Waals surface area contributed by atoms with Gasteiger partial charge in [-0.2, -0.15) is 4.99 Å². The van der Waals surface area contributed by atoms with Crippen molar-refractivity contribution in [1.82, 2.24) is 30.6 Å². The topological polar surface area (TPSA) is 122 Å². The average Bonchev–Trinajstić information content (AvgIpc) is 3.77. The van der Waals surface area contributed by atoms with Crippen molar-refractivity contribution >= 4 is 51.5 Å². The summed E-state index contributed by atoms with van der Waals surface area (Å²) in [6, 6.07) is 20.7. The Balaban J connectivity index is 1.19. The van der Waals surface area contributed by atoms with Crippen molar-refractivity contribution in [2.75, 3.05) is 31.1 Å². The molecule has 8 rings (SSSR count). The quantitative estimate of drug-likeness (QED) is 0.302. The minimum atomic E-state index is 0.555. The summed E-state index contributed by atoms with van der Waals surface area (Å²) in [4.78, 5) is 32.8. The Morgan fingerprint density at radius 1 is 0.737 bits per heavy atom. The maximum atomic E-state index is 5.01. The van der Waals surface area contributed by atoms with Gasteiger partial charge in [-0.05, 0) is 42.0 Å². The largest absolute Gasteiger partial charge is 0.368 e. The lowest BCUT2D eigenvalue weighted by molar-refractivity contribution is 0.960. The lowest BCUT2D eigenvalue weighted by Crippen LogP contribution is -2.25. The average molecular weight is 501 g/mol. The van der Waals surface area contributed by atoms with Crippen LogP contribution in [0, 0.1) is 0 Å². The monoisotopic (exact) mass is 500 g/mol. The zero-order valence-electron chi connectivity index (χ0n) is 20.5. The van der Waals surface area contributed by atoms with Crippen LogP contribution >= 0.6 is 0 Å². The first-order valence-corrected chi connectivity index (χ1v) is 12.8. The molecule has 3 aliphatic heterocycles. The number of nitrogens with one attached hydrogen (secondary N) is 4. The summed E-state index contributed by atoms with van der Waals surface area (Å²) in [7, 11) is 0. The van der Waals surface area contributed by atoms with Crippen LogP contribution in [0.5, 0.6) is 0 Å². The second kappa shape index (κ2) is 8.27. The molecule has 4 N–H and O–H groups in total. The van der Waals surface area contributed by atoms with Crippen molar-refractivity contribution in [2.24, 2.45) is 15.0 Å². The van der Waals surface area contributed by atoms with E-state index in [0.717, 1.165) is 88.4 Å². The normalized spacial score (nSPS) is 17.7. The molecule has 2 aromatic heterocycles. The molecule has 3 aromatic carbocycles. The molecular weight excluding hydrogens is 476 g/mol. The Morgan fingerprint density at radius 2 is 1.42 bits per heavy atom. The molecule has 0 aliphatic carbocycles. The van der Waals surface area contributed by atoms with Crippen molar-refractivity contribution in [2.45, 2.75) is 6.54 Å². The van der Waals surface area contributed by atoms with Gasteiger partial charge in [-0.15, -0.1) is 0 Å². The van der Waals surface area contributed by atoms with E-state index < -0.39 is 0 Å². The fourth-order valence-corrected chi connectivity index (χ4v) is 5.31. The van der Waals surface area contributed by atoms with Crippen molar-refractivity contribution < 1.29 is 0 Å². The van der Waals surface area contributed by atoms with E-state index in [2.05, 4.69) is 71.9 Å². The molecule has 10 nitrogen and oxygen atoms in total. The molecule has 0 unspecified atom stereocenters. The van der Waals surface area contributed by atoms with Gasteiger partial charge in [0.25, 0.3) is 0 Å². The van der Waals surface area contributed by atoms with Crippen molar-refractivity contribution in [1.29, 1.82) is 0 Å². The predicted octanol–water partition coefficient (Wildman–Crippen LogP) is 3.24. The van der Waals surface area contributed by atoms with E-state index in [-0.39, 0.29) is 0 Å². The number of H-pyrrole nitrogens is 2. The van der Waals surface area contributed by atoms with E-state index in [1.165, 1.54) is 5.56 Å². The molecule has 0 saturated heterocycles. The van der Waals surface area contributed by atoms with Gasteiger partial charge in [0.15, 0.2) is 0 Å². The van der Waals surface area contributed by atoms with Gasteiger partial charge < -0.3 is 20.6 Å². The number of amidine groups is 3. The van der Waals surface area contributed by atoms with Crippen LogP contribution in [0.3, 0.4) is 0 Å². The van der Waals surface area contributed by atoms with Crippen molar-refractivity contribution in [3.05, 3.63) is 82.9 Å². The minimum absolute atomic E-state index is 0.555. The zero-order valence-corrected chi connectivity index (χ0v) is 20.5. The fraction of sp³-hybridized carbons (Fsp3) is 0.179. The molecule has 5 aromatic rings. The lowest BCUT2D eigenvalue weighted by Gasteiger charge is -2.15. The third-order valence-corrected chi connectivity index (χ3v) is 7.14. The van der Waals surface area contributed by atoms with Gasteiger partial charge in [0.2, 0.25) is 11.9 Å². The smallest absolute Gasteiger partial charge is 0.229 e. The summed E-state index contributed by atoms with van der Waals surface area (Å²) in [5.74, 6) is 3.97. The highest BCUT2D eigenvalue weighted by atomic mass is 15.3. The number of nitrogens with zero attached hydrogens (tertiary/aromatic N) is 6. The molecule has 0 amide bonds. The number of imidazole rings is 2. The van der Waals surface area contributed by atoms with Gasteiger partial charge in [0.1, 0.15) is 17.5 Å². The second-order valence-corrected chi connectivity index (χ2v) is 9.58. The Kier molecular flexibility index (Phi) is 4.60. The van der Waals surface area contributed by atoms with Crippen LogP contribution in [0.4, 0.5) is 11.9 Å². The van der Waals surface area contributed by atoms with Gasteiger partial charge >= 0.3 is 0 Å².